The van der Waals surface area contributed by atoms with Crippen LogP contribution in [-0.2, 0) is 7.05 Å². The minimum absolute atomic E-state index is 0.234. The number of rotatable bonds is 3. The molecule has 1 aromatic heterocycles. The Morgan fingerprint density at radius 1 is 1.67 bits per heavy atom. The van der Waals surface area contributed by atoms with E-state index in [-0.39, 0.29) is 11.2 Å². The molecule has 6 heteroatoms. The van der Waals surface area contributed by atoms with E-state index in [2.05, 4.69) is 10.3 Å². The zero-order chi connectivity index (χ0) is 11.6. The molecule has 1 heterocycles. The van der Waals surface area contributed by atoms with Gasteiger partial charge in [-0.3, -0.25) is 4.79 Å². The molecule has 1 N–H and O–H groups in total. The Morgan fingerprint density at radius 2 is 2.27 bits per heavy atom. The molecule has 0 aliphatic carbocycles. The Hall–Kier alpha value is -0.740. The van der Waals surface area contributed by atoms with E-state index in [1.807, 2.05) is 13.8 Å². The number of nitrogens with one attached hydrogen (secondary N) is 1. The zero-order valence-electron chi connectivity index (χ0n) is 8.84. The smallest absolute Gasteiger partial charge is 0.270 e. The van der Waals surface area contributed by atoms with Gasteiger partial charge in [0.15, 0.2) is 0 Å². The van der Waals surface area contributed by atoms with E-state index in [0.717, 1.165) is 0 Å². The maximum Gasteiger partial charge on any atom is 0.270 e. The number of nitrogens with zero attached hydrogens (tertiary/aromatic N) is 2. The molecule has 1 rings (SSSR count). The lowest BCUT2D eigenvalue weighted by atomic mass is 10.1. The summed E-state index contributed by atoms with van der Waals surface area (Å²) in [6.07, 6.45) is 1.43. The number of amides is 1. The molecule has 1 amide bonds. The van der Waals surface area contributed by atoms with Crippen LogP contribution in [0.4, 0.5) is 0 Å². The highest BCUT2D eigenvalue weighted by molar-refractivity contribution is 6.28. The Labute approximate surface area is 98.6 Å². The maximum atomic E-state index is 11.8. The summed E-state index contributed by atoms with van der Waals surface area (Å²) in [5, 5.41) is 3.07. The second-order valence-corrected chi connectivity index (χ2v) is 4.55. The Morgan fingerprint density at radius 3 is 2.67 bits per heavy atom. The first-order chi connectivity index (χ1) is 6.87. The van der Waals surface area contributed by atoms with Gasteiger partial charge in [0.25, 0.3) is 5.91 Å². The lowest BCUT2D eigenvalue weighted by Crippen LogP contribution is -2.45. The first kappa shape index (κ1) is 12.3. The zero-order valence-corrected chi connectivity index (χ0v) is 10.4. The summed E-state index contributed by atoms with van der Waals surface area (Å²) in [7, 11) is 1.68. The summed E-state index contributed by atoms with van der Waals surface area (Å²) in [5.41, 5.74) is -0.0340. The standard InChI is InChI=1S/C9H13Cl2N3O/c1-9(2,5-10)13-7(15)6-4-12-8(11)14(6)3/h4H,5H2,1-3H3,(H,13,15). The van der Waals surface area contributed by atoms with Crippen molar-refractivity contribution in [1.29, 1.82) is 0 Å². The van der Waals surface area contributed by atoms with Crippen molar-refractivity contribution in [2.45, 2.75) is 19.4 Å². The molecule has 0 bridgehead atoms. The molecule has 15 heavy (non-hydrogen) atoms. The van der Waals surface area contributed by atoms with E-state index < -0.39 is 5.54 Å². The van der Waals surface area contributed by atoms with Gasteiger partial charge in [0.2, 0.25) is 5.28 Å². The molecule has 0 aromatic carbocycles. The normalized spacial score (nSPS) is 11.5. The van der Waals surface area contributed by atoms with Crippen LogP contribution in [0.15, 0.2) is 6.20 Å². The third-order valence-corrected chi connectivity index (χ3v) is 2.97. The fourth-order valence-electron chi connectivity index (χ4n) is 1.00. The van der Waals surface area contributed by atoms with Gasteiger partial charge in [-0.05, 0) is 25.4 Å². The predicted molar refractivity (Wildman–Crippen MR) is 60.5 cm³/mol. The van der Waals surface area contributed by atoms with E-state index in [9.17, 15) is 4.79 Å². The fourth-order valence-corrected chi connectivity index (χ4v) is 1.21. The van der Waals surface area contributed by atoms with Gasteiger partial charge < -0.3 is 9.88 Å². The van der Waals surface area contributed by atoms with Crippen molar-refractivity contribution in [3.63, 3.8) is 0 Å². The molecule has 0 aliphatic rings. The third-order valence-electron chi connectivity index (χ3n) is 1.95. The lowest BCUT2D eigenvalue weighted by Gasteiger charge is -2.23. The predicted octanol–water partition coefficient (Wildman–Crippen LogP) is 1.82. The van der Waals surface area contributed by atoms with Gasteiger partial charge in [0, 0.05) is 18.5 Å². The maximum absolute atomic E-state index is 11.8. The molecule has 0 spiro atoms. The first-order valence-corrected chi connectivity index (χ1v) is 5.34. The van der Waals surface area contributed by atoms with Crippen LogP contribution in [0, 0.1) is 0 Å². The van der Waals surface area contributed by atoms with Crippen molar-refractivity contribution in [3.05, 3.63) is 17.2 Å². The topological polar surface area (TPSA) is 46.9 Å². The molecule has 0 atom stereocenters. The van der Waals surface area contributed by atoms with Gasteiger partial charge >= 0.3 is 0 Å². The highest BCUT2D eigenvalue weighted by atomic mass is 35.5. The third kappa shape index (κ3) is 2.86. The summed E-state index contributed by atoms with van der Waals surface area (Å²) < 4.78 is 1.52. The van der Waals surface area contributed by atoms with Crippen LogP contribution in [0.5, 0.6) is 0 Å². The number of hydrogen-bond donors (Lipinski definition) is 1. The van der Waals surface area contributed by atoms with Crippen molar-refractivity contribution in [1.82, 2.24) is 14.9 Å². The van der Waals surface area contributed by atoms with Crippen molar-refractivity contribution in [2.75, 3.05) is 5.88 Å². The van der Waals surface area contributed by atoms with E-state index >= 15 is 0 Å². The van der Waals surface area contributed by atoms with Gasteiger partial charge in [-0.15, -0.1) is 11.6 Å². The molecule has 0 aliphatic heterocycles. The van der Waals surface area contributed by atoms with E-state index in [4.69, 9.17) is 23.2 Å². The summed E-state index contributed by atoms with van der Waals surface area (Å²) in [6.45, 7) is 3.69. The molecular formula is C9H13Cl2N3O. The highest BCUT2D eigenvalue weighted by Crippen LogP contribution is 2.11. The largest absolute Gasteiger partial charge is 0.345 e. The van der Waals surface area contributed by atoms with Crippen LogP contribution in [0.1, 0.15) is 24.3 Å². The van der Waals surface area contributed by atoms with Crippen molar-refractivity contribution in [3.8, 4) is 0 Å². The monoisotopic (exact) mass is 249 g/mol. The molecule has 1 aromatic rings. The average Bonchev–Trinajstić information content (AvgIpc) is 2.47. The van der Waals surface area contributed by atoms with Crippen molar-refractivity contribution < 1.29 is 4.79 Å². The average molecular weight is 250 g/mol. The summed E-state index contributed by atoms with van der Waals surface area (Å²) in [6, 6.07) is 0. The van der Waals surface area contributed by atoms with Crippen molar-refractivity contribution >= 4 is 29.1 Å². The van der Waals surface area contributed by atoms with Crippen LogP contribution in [0.25, 0.3) is 0 Å². The van der Waals surface area contributed by atoms with Crippen LogP contribution in [0.2, 0.25) is 5.28 Å². The quantitative estimate of drug-likeness (QED) is 0.832. The highest BCUT2D eigenvalue weighted by Gasteiger charge is 2.22. The Bertz CT molecular complexity index is 373. The number of halogens is 2. The summed E-state index contributed by atoms with van der Waals surface area (Å²) >= 11 is 11.4. The van der Waals surface area contributed by atoms with Crippen LogP contribution >= 0.6 is 23.2 Å². The Balaban J connectivity index is 2.83. The lowest BCUT2D eigenvalue weighted by molar-refractivity contribution is 0.0912. The minimum atomic E-state index is -0.449. The SMILES string of the molecule is Cn1c(C(=O)NC(C)(C)CCl)cnc1Cl. The first-order valence-electron chi connectivity index (χ1n) is 4.43. The second-order valence-electron chi connectivity index (χ2n) is 3.94. The number of carbonyl (C=O) groups is 1. The van der Waals surface area contributed by atoms with Gasteiger partial charge in [-0.1, -0.05) is 0 Å². The number of hydrogen-bond acceptors (Lipinski definition) is 2. The number of carbonyl (C=O) groups excluding carboxylic acids is 1. The number of aromatic nitrogens is 2. The number of imidazole rings is 1. The van der Waals surface area contributed by atoms with Gasteiger partial charge in [-0.25, -0.2) is 4.98 Å². The van der Waals surface area contributed by atoms with Crippen LogP contribution in [-0.4, -0.2) is 26.9 Å². The second kappa shape index (κ2) is 4.41. The van der Waals surface area contributed by atoms with Gasteiger partial charge in [-0.2, -0.15) is 0 Å². The molecule has 0 radical (unpaired) electrons. The van der Waals surface area contributed by atoms with E-state index in [1.165, 1.54) is 10.8 Å². The summed E-state index contributed by atoms with van der Waals surface area (Å²) in [4.78, 5) is 15.6. The molecule has 0 fully saturated rings. The molecular weight excluding hydrogens is 237 g/mol. The van der Waals surface area contributed by atoms with E-state index in [1.54, 1.807) is 7.05 Å². The molecule has 0 unspecified atom stereocenters. The molecule has 4 nitrogen and oxygen atoms in total. The van der Waals surface area contributed by atoms with Gasteiger partial charge in [0.05, 0.1) is 6.20 Å². The van der Waals surface area contributed by atoms with E-state index in [0.29, 0.717) is 11.6 Å². The fraction of sp³-hybridized carbons (Fsp3) is 0.556. The van der Waals surface area contributed by atoms with Crippen LogP contribution < -0.4 is 5.32 Å². The molecule has 84 valence electrons. The van der Waals surface area contributed by atoms with Gasteiger partial charge in [0.1, 0.15) is 5.69 Å². The van der Waals surface area contributed by atoms with Crippen LogP contribution in [0.3, 0.4) is 0 Å². The molecule has 0 saturated carbocycles. The minimum Gasteiger partial charge on any atom is -0.345 e. The summed E-state index contributed by atoms with van der Waals surface area (Å²) in [5.74, 6) is 0.104. The number of alkyl halides is 1. The van der Waals surface area contributed by atoms with Crippen molar-refractivity contribution in [2.24, 2.45) is 7.05 Å². The Kier molecular flexibility index (Phi) is 3.62. The molecule has 0 saturated heterocycles.